The molecule has 1 amide bonds. The Morgan fingerprint density at radius 2 is 1.68 bits per heavy atom. The number of hydrogen-bond donors (Lipinski definition) is 1. The van der Waals surface area contributed by atoms with E-state index in [1.807, 2.05) is 0 Å². The number of esters is 1. The van der Waals surface area contributed by atoms with Crippen molar-refractivity contribution >= 4 is 23.4 Å². The van der Waals surface area contributed by atoms with Gasteiger partial charge in [-0.3, -0.25) is 14.4 Å². The summed E-state index contributed by atoms with van der Waals surface area (Å²) in [6.07, 6.45) is 0.494. The van der Waals surface area contributed by atoms with Crippen molar-refractivity contribution < 1.29 is 38.4 Å². The highest BCUT2D eigenvalue weighted by molar-refractivity contribution is 6.46. The van der Waals surface area contributed by atoms with Gasteiger partial charge in [-0.1, -0.05) is 12.1 Å². The largest absolute Gasteiger partial charge is 0.507 e. The zero-order valence-electron chi connectivity index (χ0n) is 19.5. The second kappa shape index (κ2) is 10.8. The molecule has 1 atom stereocenters. The van der Waals surface area contributed by atoms with Gasteiger partial charge in [-0.05, 0) is 42.3 Å². The molecule has 1 N–H and O–H groups in total. The van der Waals surface area contributed by atoms with Crippen LogP contribution in [0, 0.1) is 0 Å². The van der Waals surface area contributed by atoms with Crippen LogP contribution in [0.5, 0.6) is 17.2 Å². The first-order valence-electron chi connectivity index (χ1n) is 10.6. The fourth-order valence-electron chi connectivity index (χ4n) is 3.86. The van der Waals surface area contributed by atoms with Crippen LogP contribution in [-0.4, -0.2) is 62.1 Å². The van der Waals surface area contributed by atoms with Crippen LogP contribution < -0.4 is 14.2 Å². The summed E-state index contributed by atoms with van der Waals surface area (Å²) in [5.74, 6) is -1.31. The Kier molecular flexibility index (Phi) is 7.91. The molecule has 9 nitrogen and oxygen atoms in total. The van der Waals surface area contributed by atoms with E-state index in [4.69, 9.17) is 18.9 Å². The van der Waals surface area contributed by atoms with Gasteiger partial charge in [0.25, 0.3) is 11.7 Å². The summed E-state index contributed by atoms with van der Waals surface area (Å²) in [7, 11) is 4.46. The van der Waals surface area contributed by atoms with E-state index < -0.39 is 23.7 Å². The number of amides is 1. The Bertz CT molecular complexity index is 1110. The first-order chi connectivity index (χ1) is 16.3. The normalized spacial score (nSPS) is 17.1. The molecule has 2 aromatic carbocycles. The quantitative estimate of drug-likeness (QED) is 0.149. The summed E-state index contributed by atoms with van der Waals surface area (Å²) >= 11 is 0. The minimum atomic E-state index is -0.862. The fourth-order valence-corrected chi connectivity index (χ4v) is 3.86. The minimum absolute atomic E-state index is 0.0748. The number of carbonyl (C=O) groups is 3. The summed E-state index contributed by atoms with van der Waals surface area (Å²) in [5, 5.41) is 11.3. The van der Waals surface area contributed by atoms with Gasteiger partial charge < -0.3 is 29.0 Å². The summed E-state index contributed by atoms with van der Waals surface area (Å²) < 4.78 is 20.8. The van der Waals surface area contributed by atoms with Crippen LogP contribution in [0.4, 0.5) is 0 Å². The first kappa shape index (κ1) is 24.8. The van der Waals surface area contributed by atoms with Gasteiger partial charge in [-0.2, -0.15) is 0 Å². The van der Waals surface area contributed by atoms with Crippen molar-refractivity contribution in [2.45, 2.75) is 19.4 Å². The van der Waals surface area contributed by atoms with E-state index in [1.54, 1.807) is 43.5 Å². The monoisotopic (exact) mass is 469 g/mol. The van der Waals surface area contributed by atoms with Gasteiger partial charge in [0.1, 0.15) is 23.0 Å². The highest BCUT2D eigenvalue weighted by atomic mass is 16.5. The van der Waals surface area contributed by atoms with Gasteiger partial charge in [0.15, 0.2) is 0 Å². The minimum Gasteiger partial charge on any atom is -0.507 e. The summed E-state index contributed by atoms with van der Waals surface area (Å²) in [5.41, 5.74) is 0.711. The highest BCUT2D eigenvalue weighted by Crippen LogP contribution is 2.42. The average molecular weight is 469 g/mol. The number of Topliss-reactive ketones (excluding diaryl/α,β-unsaturated/α-hetero) is 1. The van der Waals surface area contributed by atoms with Crippen molar-refractivity contribution in [3.63, 3.8) is 0 Å². The van der Waals surface area contributed by atoms with E-state index >= 15 is 0 Å². The van der Waals surface area contributed by atoms with Gasteiger partial charge in [-0.25, -0.2) is 0 Å². The van der Waals surface area contributed by atoms with Crippen LogP contribution in [0.15, 0.2) is 48.0 Å². The first-order valence-corrected chi connectivity index (χ1v) is 10.6. The third-order valence-corrected chi connectivity index (χ3v) is 5.41. The van der Waals surface area contributed by atoms with E-state index in [2.05, 4.69) is 0 Å². The van der Waals surface area contributed by atoms with Crippen molar-refractivity contribution in [1.82, 2.24) is 4.90 Å². The smallest absolute Gasteiger partial charge is 0.308 e. The van der Waals surface area contributed by atoms with Crippen LogP contribution in [0.2, 0.25) is 0 Å². The van der Waals surface area contributed by atoms with Crippen LogP contribution in [-0.2, 0) is 19.1 Å². The molecular formula is C25H27NO8. The van der Waals surface area contributed by atoms with Gasteiger partial charge in [0, 0.05) is 27.2 Å². The van der Waals surface area contributed by atoms with Crippen molar-refractivity contribution in [3.8, 4) is 17.2 Å². The van der Waals surface area contributed by atoms with E-state index in [1.165, 1.54) is 32.1 Å². The molecule has 0 aliphatic carbocycles. The second-order valence-electron chi connectivity index (χ2n) is 7.57. The Hall–Kier alpha value is -3.85. The number of nitrogens with zero attached hydrogens (tertiary/aromatic N) is 1. The molecule has 1 unspecified atom stereocenters. The zero-order valence-corrected chi connectivity index (χ0v) is 19.5. The SMILES string of the molecule is COCCCN1C(=O)C(=O)/C(=C(/O)c2cc(OC)ccc2OC)C1c1ccc(OC(C)=O)cc1. The molecule has 180 valence electrons. The lowest BCUT2D eigenvalue weighted by Crippen LogP contribution is -2.31. The Labute approximate surface area is 197 Å². The molecule has 2 aromatic rings. The number of benzene rings is 2. The van der Waals surface area contributed by atoms with Crippen molar-refractivity contribution in [3.05, 3.63) is 59.2 Å². The molecule has 9 heteroatoms. The second-order valence-corrected chi connectivity index (χ2v) is 7.57. The van der Waals surface area contributed by atoms with Crippen molar-refractivity contribution in [2.75, 3.05) is 34.5 Å². The summed E-state index contributed by atoms with van der Waals surface area (Å²) in [6.45, 7) is 1.92. The maximum absolute atomic E-state index is 13.1. The van der Waals surface area contributed by atoms with Crippen LogP contribution in [0.25, 0.3) is 5.76 Å². The van der Waals surface area contributed by atoms with Crippen LogP contribution in [0.3, 0.4) is 0 Å². The molecule has 3 rings (SSSR count). The lowest BCUT2D eigenvalue weighted by Gasteiger charge is -2.25. The van der Waals surface area contributed by atoms with E-state index in [0.717, 1.165) is 0 Å². The van der Waals surface area contributed by atoms with Crippen LogP contribution >= 0.6 is 0 Å². The van der Waals surface area contributed by atoms with E-state index in [9.17, 15) is 19.5 Å². The maximum atomic E-state index is 13.1. The average Bonchev–Trinajstić information content (AvgIpc) is 3.08. The molecular weight excluding hydrogens is 442 g/mol. The highest BCUT2D eigenvalue weighted by Gasteiger charge is 2.46. The number of likely N-dealkylation sites (tertiary alicyclic amines) is 1. The number of ketones is 1. The van der Waals surface area contributed by atoms with Gasteiger partial charge in [0.2, 0.25) is 0 Å². The Balaban J connectivity index is 2.16. The standard InChI is InChI=1S/C25H27NO8/c1-15(27)34-17-8-6-16(7-9-17)22-21(24(29)25(30)26(22)12-5-13-31-2)23(28)19-14-18(32-3)10-11-20(19)33-4/h6-11,14,22,28H,5,12-13H2,1-4H3/b23-21+. The third kappa shape index (κ3) is 5.04. The molecule has 1 saturated heterocycles. The summed E-state index contributed by atoms with van der Waals surface area (Å²) in [6, 6.07) is 10.4. The zero-order chi connectivity index (χ0) is 24.8. The molecule has 0 spiro atoms. The topological polar surface area (TPSA) is 112 Å². The maximum Gasteiger partial charge on any atom is 0.308 e. The van der Waals surface area contributed by atoms with Crippen molar-refractivity contribution in [1.29, 1.82) is 0 Å². The van der Waals surface area contributed by atoms with Crippen molar-refractivity contribution in [2.24, 2.45) is 0 Å². The van der Waals surface area contributed by atoms with Gasteiger partial charge in [0.05, 0.1) is 31.4 Å². The molecule has 0 saturated carbocycles. The molecule has 34 heavy (non-hydrogen) atoms. The van der Waals surface area contributed by atoms with Gasteiger partial charge >= 0.3 is 5.97 Å². The van der Waals surface area contributed by atoms with Gasteiger partial charge in [-0.15, -0.1) is 0 Å². The molecule has 1 aliphatic rings. The molecule has 0 bridgehead atoms. The third-order valence-electron chi connectivity index (χ3n) is 5.41. The molecule has 1 heterocycles. The molecule has 0 radical (unpaired) electrons. The number of aliphatic hydroxyl groups excluding tert-OH is 1. The lowest BCUT2D eigenvalue weighted by atomic mass is 9.94. The summed E-state index contributed by atoms with van der Waals surface area (Å²) in [4.78, 5) is 38.8. The number of methoxy groups -OCH3 is 3. The van der Waals surface area contributed by atoms with E-state index in [0.29, 0.717) is 35.8 Å². The van der Waals surface area contributed by atoms with E-state index in [-0.39, 0.29) is 23.4 Å². The molecule has 1 aliphatic heterocycles. The lowest BCUT2D eigenvalue weighted by molar-refractivity contribution is -0.140. The van der Waals surface area contributed by atoms with Crippen LogP contribution in [0.1, 0.15) is 30.5 Å². The number of aliphatic hydroxyl groups is 1. The number of rotatable bonds is 9. The fraction of sp³-hybridized carbons (Fsp3) is 0.320. The number of carbonyl (C=O) groups excluding carboxylic acids is 3. The predicted octanol–water partition coefficient (Wildman–Crippen LogP) is 3.09. The number of hydrogen-bond acceptors (Lipinski definition) is 8. The number of ether oxygens (including phenoxy) is 4. The molecule has 1 fully saturated rings. The Morgan fingerprint density at radius 1 is 1.00 bits per heavy atom. The predicted molar refractivity (Wildman–Crippen MR) is 123 cm³/mol. The molecule has 0 aromatic heterocycles. The Morgan fingerprint density at radius 3 is 2.26 bits per heavy atom.